The number of nitrogens with one attached hydrogen (secondary N) is 1. The van der Waals surface area contributed by atoms with Gasteiger partial charge >= 0.3 is 5.97 Å². The van der Waals surface area contributed by atoms with Gasteiger partial charge in [-0.25, -0.2) is 0 Å². The average Bonchev–Trinajstić information content (AvgIpc) is 3.39. The second kappa shape index (κ2) is 8.40. The fourth-order valence-electron chi connectivity index (χ4n) is 3.71. The van der Waals surface area contributed by atoms with Crippen molar-refractivity contribution >= 4 is 16.9 Å². The number of aliphatic carboxylic acids is 1. The maximum atomic E-state index is 11.1. The Balaban J connectivity index is 1.57. The molecular weight excluding hydrogens is 364 g/mol. The van der Waals surface area contributed by atoms with Crippen LogP contribution in [0.1, 0.15) is 55.8 Å². The first-order valence-electron chi connectivity index (χ1n) is 9.96. The van der Waals surface area contributed by atoms with Gasteiger partial charge in [0.15, 0.2) is 0 Å². The van der Waals surface area contributed by atoms with Crippen molar-refractivity contribution in [3.05, 3.63) is 59.8 Å². The smallest absolute Gasteiger partial charge is 0.304 e. The molecule has 148 valence electrons. The number of hydrogen-bond donors (Lipinski definition) is 2. The molecule has 5 nitrogen and oxygen atoms in total. The van der Waals surface area contributed by atoms with Crippen LogP contribution in [0, 0.1) is 17.8 Å². The fourth-order valence-corrected chi connectivity index (χ4v) is 3.71. The number of benzene rings is 2. The number of H-pyrrole nitrogens is 1. The highest BCUT2D eigenvalue weighted by Gasteiger charge is 2.28. The lowest BCUT2D eigenvalue weighted by Crippen LogP contribution is -2.09. The number of ether oxygens (including phenoxy) is 1. The number of aromatic amines is 1. The molecule has 1 aromatic heterocycles. The monoisotopic (exact) mass is 388 g/mol. The number of rotatable bonds is 8. The van der Waals surface area contributed by atoms with Gasteiger partial charge < -0.3 is 9.84 Å². The highest BCUT2D eigenvalue weighted by atomic mass is 16.5. The van der Waals surface area contributed by atoms with Crippen molar-refractivity contribution in [2.45, 2.75) is 44.6 Å². The Hall–Kier alpha value is -3.26. The van der Waals surface area contributed by atoms with Crippen molar-refractivity contribution in [3.8, 4) is 17.6 Å². The van der Waals surface area contributed by atoms with Gasteiger partial charge in [0, 0.05) is 10.9 Å². The maximum absolute atomic E-state index is 11.1. The summed E-state index contributed by atoms with van der Waals surface area (Å²) in [6.45, 7) is 1.73. The minimum absolute atomic E-state index is 0.00612. The van der Waals surface area contributed by atoms with Gasteiger partial charge in [0.2, 0.25) is 0 Å². The van der Waals surface area contributed by atoms with Gasteiger partial charge in [-0.1, -0.05) is 43.0 Å². The molecule has 1 unspecified atom stereocenters. The molecule has 2 N–H and O–H groups in total. The van der Waals surface area contributed by atoms with E-state index in [1.54, 1.807) is 6.92 Å². The summed E-state index contributed by atoms with van der Waals surface area (Å²) in [6.07, 6.45) is 5.30. The first-order valence-corrected chi connectivity index (χ1v) is 9.96. The summed E-state index contributed by atoms with van der Waals surface area (Å²) >= 11 is 0. The van der Waals surface area contributed by atoms with Crippen LogP contribution in [0.25, 0.3) is 10.9 Å². The molecule has 0 radical (unpaired) electrons. The highest BCUT2D eigenvalue weighted by molar-refractivity contribution is 5.82. The SMILES string of the molecule is CC#CC(CC(=O)O)c1ccc(O[C@@H](CC2CC2)c2cccc3[nH]ncc23)cc1. The predicted molar refractivity (Wildman–Crippen MR) is 112 cm³/mol. The summed E-state index contributed by atoms with van der Waals surface area (Å²) in [5.41, 5.74) is 3.05. The van der Waals surface area contributed by atoms with E-state index in [4.69, 9.17) is 9.84 Å². The minimum Gasteiger partial charge on any atom is -0.486 e. The van der Waals surface area contributed by atoms with Gasteiger partial charge in [-0.15, -0.1) is 5.92 Å². The van der Waals surface area contributed by atoms with Gasteiger partial charge in [0.05, 0.1) is 24.1 Å². The van der Waals surface area contributed by atoms with Crippen LogP contribution in [-0.2, 0) is 4.79 Å². The van der Waals surface area contributed by atoms with Crippen LogP contribution >= 0.6 is 0 Å². The van der Waals surface area contributed by atoms with Gasteiger partial charge in [-0.05, 0) is 43.0 Å². The molecule has 1 aliphatic rings. The van der Waals surface area contributed by atoms with Crippen LogP contribution in [0.4, 0.5) is 0 Å². The molecule has 0 spiro atoms. The third-order valence-corrected chi connectivity index (χ3v) is 5.37. The Labute approximate surface area is 170 Å². The Morgan fingerprint density at radius 2 is 2.07 bits per heavy atom. The minimum atomic E-state index is -0.851. The molecule has 1 fully saturated rings. The molecule has 0 amide bonds. The van der Waals surface area contributed by atoms with E-state index < -0.39 is 5.97 Å². The van der Waals surface area contributed by atoms with E-state index in [0.717, 1.165) is 34.2 Å². The van der Waals surface area contributed by atoms with Crippen LogP contribution in [-0.4, -0.2) is 21.3 Å². The van der Waals surface area contributed by atoms with E-state index in [1.807, 2.05) is 42.6 Å². The van der Waals surface area contributed by atoms with Crippen molar-refractivity contribution in [2.24, 2.45) is 5.92 Å². The molecule has 0 aliphatic heterocycles. The second-order valence-corrected chi connectivity index (χ2v) is 7.58. The molecular formula is C24H24N2O3. The summed E-state index contributed by atoms with van der Waals surface area (Å²) in [6, 6.07) is 13.8. The number of carboxylic acid groups (broad SMARTS) is 1. The van der Waals surface area contributed by atoms with Crippen LogP contribution in [0.5, 0.6) is 5.75 Å². The standard InChI is InChI=1S/C24H24N2O3/c1-2-4-18(14-24(27)28)17-9-11-19(12-10-17)29-23(13-16-7-8-16)20-5-3-6-22-21(20)15-25-26-22/h3,5-6,9-12,15-16,18,23H,7-8,13-14H2,1H3,(H,25,26)(H,27,28)/t18?,23-/m0/s1. The molecule has 2 aromatic carbocycles. The lowest BCUT2D eigenvalue weighted by molar-refractivity contribution is -0.137. The van der Waals surface area contributed by atoms with E-state index in [2.05, 4.69) is 28.1 Å². The topological polar surface area (TPSA) is 75.2 Å². The van der Waals surface area contributed by atoms with E-state index in [-0.39, 0.29) is 18.4 Å². The summed E-state index contributed by atoms with van der Waals surface area (Å²) in [5, 5.41) is 17.4. The van der Waals surface area contributed by atoms with Crippen molar-refractivity contribution < 1.29 is 14.6 Å². The van der Waals surface area contributed by atoms with Crippen molar-refractivity contribution in [1.29, 1.82) is 0 Å². The molecule has 3 aromatic rings. The van der Waals surface area contributed by atoms with Crippen molar-refractivity contribution in [2.75, 3.05) is 0 Å². The number of hydrogen-bond acceptors (Lipinski definition) is 3. The summed E-state index contributed by atoms with van der Waals surface area (Å²) in [7, 11) is 0. The number of carboxylic acids is 1. The summed E-state index contributed by atoms with van der Waals surface area (Å²) in [5.74, 6) is 6.14. The van der Waals surface area contributed by atoms with Crippen LogP contribution in [0.15, 0.2) is 48.7 Å². The Morgan fingerprint density at radius 1 is 1.28 bits per heavy atom. The zero-order valence-corrected chi connectivity index (χ0v) is 16.4. The van der Waals surface area contributed by atoms with E-state index in [9.17, 15) is 4.79 Å². The maximum Gasteiger partial charge on any atom is 0.304 e. The molecule has 5 heteroatoms. The zero-order chi connectivity index (χ0) is 20.2. The van der Waals surface area contributed by atoms with Gasteiger partial charge in [-0.2, -0.15) is 5.10 Å². The second-order valence-electron chi connectivity index (χ2n) is 7.58. The van der Waals surface area contributed by atoms with E-state index >= 15 is 0 Å². The Bertz CT molecular complexity index is 1050. The number of fused-ring (bicyclic) bond motifs is 1. The predicted octanol–water partition coefficient (Wildman–Crippen LogP) is 5.06. The van der Waals surface area contributed by atoms with Crippen LogP contribution in [0.3, 0.4) is 0 Å². The van der Waals surface area contributed by atoms with Crippen molar-refractivity contribution in [3.63, 3.8) is 0 Å². The lowest BCUT2D eigenvalue weighted by atomic mass is 9.96. The fraction of sp³-hybridized carbons (Fsp3) is 0.333. The summed E-state index contributed by atoms with van der Waals surface area (Å²) < 4.78 is 6.41. The molecule has 2 atom stereocenters. The van der Waals surface area contributed by atoms with Crippen molar-refractivity contribution in [1.82, 2.24) is 10.2 Å². The number of aromatic nitrogens is 2. The van der Waals surface area contributed by atoms with Crippen LogP contribution < -0.4 is 4.74 Å². The average molecular weight is 388 g/mol. The molecule has 0 saturated heterocycles. The van der Waals surface area contributed by atoms with Gasteiger partial charge in [0.1, 0.15) is 11.9 Å². The zero-order valence-electron chi connectivity index (χ0n) is 16.4. The quantitative estimate of drug-likeness (QED) is 0.529. The number of carbonyl (C=O) groups is 1. The Morgan fingerprint density at radius 3 is 2.76 bits per heavy atom. The lowest BCUT2D eigenvalue weighted by Gasteiger charge is -2.21. The molecule has 1 saturated carbocycles. The van der Waals surface area contributed by atoms with Gasteiger partial charge in [-0.3, -0.25) is 9.89 Å². The van der Waals surface area contributed by atoms with Gasteiger partial charge in [0.25, 0.3) is 0 Å². The molecule has 1 heterocycles. The molecule has 1 aliphatic carbocycles. The largest absolute Gasteiger partial charge is 0.486 e. The third-order valence-electron chi connectivity index (χ3n) is 5.37. The first kappa shape index (κ1) is 19.1. The first-order chi connectivity index (χ1) is 14.1. The highest BCUT2D eigenvalue weighted by Crippen LogP contribution is 2.41. The normalized spacial score (nSPS) is 15.3. The molecule has 29 heavy (non-hydrogen) atoms. The molecule has 4 rings (SSSR count). The third kappa shape index (κ3) is 4.60. The Kier molecular flexibility index (Phi) is 5.53. The van der Waals surface area contributed by atoms with E-state index in [1.165, 1.54) is 12.8 Å². The van der Waals surface area contributed by atoms with E-state index in [0.29, 0.717) is 5.92 Å². The van der Waals surface area contributed by atoms with Crippen LogP contribution in [0.2, 0.25) is 0 Å². The summed E-state index contributed by atoms with van der Waals surface area (Å²) in [4.78, 5) is 11.1. The molecule has 0 bridgehead atoms. The number of nitrogens with zero attached hydrogens (tertiary/aromatic N) is 1.